The number of nitrogens with one attached hydrogen (secondary N) is 3. The van der Waals surface area contributed by atoms with E-state index in [0.717, 1.165) is 18.1 Å². The zero-order valence-corrected chi connectivity index (χ0v) is 10.4. The lowest BCUT2D eigenvalue weighted by Crippen LogP contribution is -2.57. The molecule has 6 nitrogen and oxygen atoms in total. The summed E-state index contributed by atoms with van der Waals surface area (Å²) in [6, 6.07) is 2.09. The standard InChI is InChI=1S/C11H19N5O/c1-7-4-10(16(3)15-7)14-11(17)9-6-12-8(2)5-13-9/h4,8-9,12-13H,5-6H2,1-3H3,(H,14,17). The molecular weight excluding hydrogens is 218 g/mol. The summed E-state index contributed by atoms with van der Waals surface area (Å²) in [5.41, 5.74) is 0.895. The highest BCUT2D eigenvalue weighted by atomic mass is 16.2. The van der Waals surface area contributed by atoms with Crippen LogP contribution in [0.2, 0.25) is 0 Å². The molecule has 2 unspecified atom stereocenters. The predicted octanol–water partition coefficient (Wildman–Crippen LogP) is -0.383. The highest BCUT2D eigenvalue weighted by Crippen LogP contribution is 2.08. The minimum absolute atomic E-state index is 0.0209. The van der Waals surface area contributed by atoms with Crippen LogP contribution in [-0.4, -0.2) is 40.9 Å². The van der Waals surface area contributed by atoms with Crippen molar-refractivity contribution >= 4 is 11.7 Å². The van der Waals surface area contributed by atoms with Gasteiger partial charge in [0.15, 0.2) is 0 Å². The van der Waals surface area contributed by atoms with E-state index in [1.54, 1.807) is 4.68 Å². The maximum atomic E-state index is 12.0. The Kier molecular flexibility index (Phi) is 3.44. The molecule has 0 bridgehead atoms. The van der Waals surface area contributed by atoms with Crippen LogP contribution in [0.4, 0.5) is 5.82 Å². The van der Waals surface area contributed by atoms with Crippen LogP contribution in [0.15, 0.2) is 6.07 Å². The van der Waals surface area contributed by atoms with Gasteiger partial charge >= 0.3 is 0 Å². The third-order valence-corrected chi connectivity index (χ3v) is 2.91. The van der Waals surface area contributed by atoms with Gasteiger partial charge in [-0.05, 0) is 13.8 Å². The first kappa shape index (κ1) is 12.1. The predicted molar refractivity (Wildman–Crippen MR) is 65.8 cm³/mol. The third-order valence-electron chi connectivity index (χ3n) is 2.91. The van der Waals surface area contributed by atoms with E-state index in [-0.39, 0.29) is 11.9 Å². The van der Waals surface area contributed by atoms with E-state index in [1.165, 1.54) is 0 Å². The molecule has 1 aromatic rings. The number of hydrogen-bond acceptors (Lipinski definition) is 4. The van der Waals surface area contributed by atoms with Gasteiger partial charge in [-0.25, -0.2) is 0 Å². The molecule has 0 aliphatic carbocycles. The van der Waals surface area contributed by atoms with Crippen LogP contribution < -0.4 is 16.0 Å². The van der Waals surface area contributed by atoms with Crippen molar-refractivity contribution in [2.24, 2.45) is 7.05 Å². The average molecular weight is 237 g/mol. The Morgan fingerprint density at radius 2 is 2.29 bits per heavy atom. The van der Waals surface area contributed by atoms with Crippen LogP contribution in [0.3, 0.4) is 0 Å². The lowest BCUT2D eigenvalue weighted by Gasteiger charge is -2.28. The van der Waals surface area contributed by atoms with Crippen molar-refractivity contribution < 1.29 is 4.79 Å². The van der Waals surface area contributed by atoms with Gasteiger partial charge in [-0.2, -0.15) is 5.10 Å². The SMILES string of the molecule is Cc1cc(NC(=O)C2CNC(C)CN2)n(C)n1. The quantitative estimate of drug-likeness (QED) is 0.655. The molecule has 1 amide bonds. The fraction of sp³-hybridized carbons (Fsp3) is 0.636. The summed E-state index contributed by atoms with van der Waals surface area (Å²) in [4.78, 5) is 12.0. The molecule has 3 N–H and O–H groups in total. The van der Waals surface area contributed by atoms with Gasteiger partial charge in [-0.1, -0.05) is 0 Å². The van der Waals surface area contributed by atoms with Gasteiger partial charge in [-0.15, -0.1) is 0 Å². The molecule has 0 aromatic carbocycles. The Hall–Kier alpha value is -1.40. The van der Waals surface area contributed by atoms with Crippen molar-refractivity contribution in [2.45, 2.75) is 25.9 Å². The molecule has 1 aromatic heterocycles. The molecule has 17 heavy (non-hydrogen) atoms. The number of piperazine rings is 1. The summed E-state index contributed by atoms with van der Waals surface area (Å²) < 4.78 is 1.67. The number of carbonyl (C=O) groups excluding carboxylic acids is 1. The van der Waals surface area contributed by atoms with Gasteiger partial charge in [-0.3, -0.25) is 9.48 Å². The fourth-order valence-corrected chi connectivity index (χ4v) is 1.91. The second kappa shape index (κ2) is 4.85. The van der Waals surface area contributed by atoms with Crippen molar-refractivity contribution in [3.63, 3.8) is 0 Å². The van der Waals surface area contributed by atoms with Crippen molar-refractivity contribution in [1.29, 1.82) is 0 Å². The number of carbonyl (C=O) groups is 1. The number of aromatic nitrogens is 2. The Morgan fingerprint density at radius 3 is 2.82 bits per heavy atom. The molecule has 1 aliphatic heterocycles. The smallest absolute Gasteiger partial charge is 0.243 e. The van der Waals surface area contributed by atoms with Gasteiger partial charge in [0.2, 0.25) is 5.91 Å². The van der Waals surface area contributed by atoms with E-state index in [9.17, 15) is 4.79 Å². The van der Waals surface area contributed by atoms with Crippen LogP contribution in [0.5, 0.6) is 0 Å². The Bertz CT molecular complexity index is 406. The average Bonchev–Trinajstić information content (AvgIpc) is 2.58. The molecular formula is C11H19N5O. The number of hydrogen-bond donors (Lipinski definition) is 3. The Labute approximate surface area is 101 Å². The molecule has 94 valence electrons. The van der Waals surface area contributed by atoms with Gasteiger partial charge < -0.3 is 16.0 Å². The highest BCUT2D eigenvalue weighted by Gasteiger charge is 2.23. The fourth-order valence-electron chi connectivity index (χ4n) is 1.91. The number of amides is 1. The van der Waals surface area contributed by atoms with Crippen molar-refractivity contribution in [1.82, 2.24) is 20.4 Å². The second-order valence-corrected chi connectivity index (χ2v) is 4.55. The van der Waals surface area contributed by atoms with Gasteiger partial charge in [0, 0.05) is 32.2 Å². The molecule has 1 saturated heterocycles. The maximum absolute atomic E-state index is 12.0. The number of rotatable bonds is 2. The van der Waals surface area contributed by atoms with E-state index in [0.29, 0.717) is 12.6 Å². The Morgan fingerprint density at radius 1 is 1.53 bits per heavy atom. The van der Waals surface area contributed by atoms with E-state index >= 15 is 0 Å². The molecule has 0 radical (unpaired) electrons. The molecule has 2 atom stereocenters. The molecule has 2 rings (SSSR count). The second-order valence-electron chi connectivity index (χ2n) is 4.55. The first-order valence-electron chi connectivity index (χ1n) is 5.84. The van der Waals surface area contributed by atoms with Crippen LogP contribution in [0.25, 0.3) is 0 Å². The zero-order chi connectivity index (χ0) is 12.4. The van der Waals surface area contributed by atoms with E-state index in [2.05, 4.69) is 28.0 Å². The monoisotopic (exact) mass is 237 g/mol. The minimum Gasteiger partial charge on any atom is -0.311 e. The lowest BCUT2D eigenvalue weighted by molar-refractivity contribution is -0.118. The summed E-state index contributed by atoms with van der Waals surface area (Å²) in [7, 11) is 1.82. The molecule has 6 heteroatoms. The number of nitrogens with zero attached hydrogens (tertiary/aromatic N) is 2. The Balaban J connectivity index is 1.95. The minimum atomic E-state index is -0.179. The maximum Gasteiger partial charge on any atom is 0.243 e. The van der Waals surface area contributed by atoms with E-state index in [1.807, 2.05) is 20.0 Å². The van der Waals surface area contributed by atoms with Crippen LogP contribution >= 0.6 is 0 Å². The normalized spacial score (nSPS) is 24.6. The highest BCUT2D eigenvalue weighted by molar-refractivity contribution is 5.94. The van der Waals surface area contributed by atoms with Crippen molar-refractivity contribution in [3.05, 3.63) is 11.8 Å². The van der Waals surface area contributed by atoms with Crippen molar-refractivity contribution in [3.8, 4) is 0 Å². The van der Waals surface area contributed by atoms with Gasteiger partial charge in [0.1, 0.15) is 5.82 Å². The van der Waals surface area contributed by atoms with Crippen LogP contribution in [0.1, 0.15) is 12.6 Å². The topological polar surface area (TPSA) is 71.0 Å². The van der Waals surface area contributed by atoms with E-state index < -0.39 is 0 Å². The number of aryl methyl sites for hydroxylation is 2. The summed E-state index contributed by atoms with van der Waals surface area (Å²) in [6.07, 6.45) is 0. The lowest BCUT2D eigenvalue weighted by atomic mass is 10.1. The molecule has 1 aliphatic rings. The third kappa shape index (κ3) is 2.83. The summed E-state index contributed by atoms with van der Waals surface area (Å²) in [5.74, 6) is 0.709. The van der Waals surface area contributed by atoms with E-state index in [4.69, 9.17) is 0 Å². The molecule has 0 spiro atoms. The summed E-state index contributed by atoms with van der Waals surface area (Å²) in [6.45, 7) is 5.45. The van der Waals surface area contributed by atoms with Gasteiger partial charge in [0.05, 0.1) is 11.7 Å². The molecule has 2 heterocycles. The first-order chi connectivity index (χ1) is 8.06. The largest absolute Gasteiger partial charge is 0.311 e. The first-order valence-corrected chi connectivity index (χ1v) is 5.84. The van der Waals surface area contributed by atoms with Gasteiger partial charge in [0.25, 0.3) is 0 Å². The van der Waals surface area contributed by atoms with Crippen LogP contribution in [-0.2, 0) is 11.8 Å². The zero-order valence-electron chi connectivity index (χ0n) is 10.4. The summed E-state index contributed by atoms with van der Waals surface area (Å²) >= 11 is 0. The van der Waals surface area contributed by atoms with Crippen LogP contribution in [0, 0.1) is 6.92 Å². The number of anilines is 1. The molecule has 1 fully saturated rings. The molecule has 0 saturated carbocycles. The summed E-state index contributed by atoms with van der Waals surface area (Å²) in [5, 5.41) is 13.5. The van der Waals surface area contributed by atoms with Crippen molar-refractivity contribution in [2.75, 3.05) is 18.4 Å².